The fourth-order valence-corrected chi connectivity index (χ4v) is 4.56. The Morgan fingerprint density at radius 3 is 2.31 bits per heavy atom. The molecule has 4 aromatic rings. The predicted octanol–water partition coefficient (Wildman–Crippen LogP) is 3.40. The van der Waals surface area contributed by atoms with Gasteiger partial charge in [0.1, 0.15) is 13.2 Å². The Hall–Kier alpha value is -4.38. The van der Waals surface area contributed by atoms with E-state index in [0.717, 1.165) is 5.69 Å². The van der Waals surface area contributed by atoms with Gasteiger partial charge >= 0.3 is 0 Å². The van der Waals surface area contributed by atoms with Crippen LogP contribution < -0.4 is 19.5 Å². The zero-order chi connectivity index (χ0) is 24.4. The molecular formula is C24H21N5O5S. The van der Waals surface area contributed by atoms with Crippen molar-refractivity contribution < 1.29 is 22.7 Å². The van der Waals surface area contributed by atoms with E-state index in [1.54, 1.807) is 37.3 Å². The lowest BCUT2D eigenvalue weighted by Crippen LogP contribution is -2.17. The standard InChI is InChI=1S/C24H21N5O5S/c1-16-23(27-29(26-16)19-5-3-2-4-6-19)24(30)25-17-7-9-18(10-8-17)28-35(31,32)20-11-12-21-22(15-20)34-14-13-33-21/h2-12,15,28H,13-14H2,1H3,(H,25,30). The lowest BCUT2D eigenvalue weighted by Gasteiger charge is -2.19. The van der Waals surface area contributed by atoms with Crippen molar-refractivity contribution in [1.29, 1.82) is 0 Å². The van der Waals surface area contributed by atoms with Crippen LogP contribution in [-0.2, 0) is 10.0 Å². The maximum absolute atomic E-state index is 12.8. The van der Waals surface area contributed by atoms with Crippen molar-refractivity contribution in [1.82, 2.24) is 15.0 Å². The number of aryl methyl sites for hydroxylation is 1. The summed E-state index contributed by atoms with van der Waals surface area (Å²) in [6, 6.07) is 20.0. The SMILES string of the molecule is Cc1nn(-c2ccccc2)nc1C(=O)Nc1ccc(NS(=O)(=O)c2ccc3c(c2)OCCO3)cc1. The van der Waals surface area contributed by atoms with E-state index >= 15 is 0 Å². The number of nitrogens with zero attached hydrogens (tertiary/aromatic N) is 3. The second-order valence-corrected chi connectivity index (χ2v) is 9.38. The van der Waals surface area contributed by atoms with Crippen molar-refractivity contribution in [3.8, 4) is 17.2 Å². The monoisotopic (exact) mass is 491 g/mol. The summed E-state index contributed by atoms with van der Waals surface area (Å²) >= 11 is 0. The Bertz CT molecular complexity index is 1480. The first-order valence-electron chi connectivity index (χ1n) is 10.7. The number of nitrogens with one attached hydrogen (secondary N) is 2. The first-order chi connectivity index (χ1) is 16.9. The largest absolute Gasteiger partial charge is 0.486 e. The highest BCUT2D eigenvalue weighted by Crippen LogP contribution is 2.32. The highest BCUT2D eigenvalue weighted by atomic mass is 32.2. The minimum Gasteiger partial charge on any atom is -0.486 e. The average molecular weight is 492 g/mol. The molecule has 0 aliphatic carbocycles. The number of carbonyl (C=O) groups excluding carboxylic acids is 1. The number of rotatable bonds is 6. The van der Waals surface area contributed by atoms with Crippen LogP contribution in [0.2, 0.25) is 0 Å². The lowest BCUT2D eigenvalue weighted by atomic mass is 10.2. The van der Waals surface area contributed by atoms with E-state index in [1.165, 1.54) is 16.9 Å². The van der Waals surface area contributed by atoms with Crippen LogP contribution in [0, 0.1) is 6.92 Å². The molecule has 178 valence electrons. The summed E-state index contributed by atoms with van der Waals surface area (Å²) in [6.07, 6.45) is 0. The highest BCUT2D eigenvalue weighted by molar-refractivity contribution is 7.92. The topological polar surface area (TPSA) is 124 Å². The van der Waals surface area contributed by atoms with Crippen molar-refractivity contribution in [2.24, 2.45) is 0 Å². The molecule has 10 nitrogen and oxygen atoms in total. The number of hydrogen-bond acceptors (Lipinski definition) is 7. The van der Waals surface area contributed by atoms with Gasteiger partial charge in [-0.3, -0.25) is 9.52 Å². The molecule has 1 amide bonds. The maximum Gasteiger partial charge on any atom is 0.278 e. The van der Waals surface area contributed by atoms with Gasteiger partial charge in [-0.25, -0.2) is 8.42 Å². The summed E-state index contributed by atoms with van der Waals surface area (Å²) in [6.45, 7) is 2.49. The van der Waals surface area contributed by atoms with E-state index in [1.807, 2.05) is 30.3 Å². The van der Waals surface area contributed by atoms with Crippen molar-refractivity contribution in [3.05, 3.63) is 84.2 Å². The maximum atomic E-state index is 12.8. The van der Waals surface area contributed by atoms with E-state index in [9.17, 15) is 13.2 Å². The molecule has 3 aromatic carbocycles. The third-order valence-electron chi connectivity index (χ3n) is 5.20. The smallest absolute Gasteiger partial charge is 0.278 e. The molecule has 1 aliphatic heterocycles. The molecule has 0 fully saturated rings. The Labute approximate surface area is 201 Å². The molecule has 0 saturated carbocycles. The molecule has 0 spiro atoms. The predicted molar refractivity (Wildman–Crippen MR) is 129 cm³/mol. The number of sulfonamides is 1. The molecule has 0 radical (unpaired) electrons. The highest BCUT2D eigenvalue weighted by Gasteiger charge is 2.20. The second kappa shape index (κ2) is 9.11. The van der Waals surface area contributed by atoms with Crippen molar-refractivity contribution >= 4 is 27.3 Å². The lowest BCUT2D eigenvalue weighted by molar-refractivity contribution is 0.102. The van der Waals surface area contributed by atoms with E-state index < -0.39 is 15.9 Å². The Morgan fingerprint density at radius 2 is 1.57 bits per heavy atom. The van der Waals surface area contributed by atoms with Gasteiger partial charge in [-0.05, 0) is 55.5 Å². The summed E-state index contributed by atoms with van der Waals surface area (Å²) in [5.74, 6) is 0.472. The molecular weight excluding hydrogens is 470 g/mol. The van der Waals surface area contributed by atoms with Crippen molar-refractivity contribution in [2.45, 2.75) is 11.8 Å². The van der Waals surface area contributed by atoms with Crippen LogP contribution in [0.4, 0.5) is 11.4 Å². The van der Waals surface area contributed by atoms with Gasteiger partial charge < -0.3 is 14.8 Å². The third kappa shape index (κ3) is 4.80. The molecule has 11 heteroatoms. The van der Waals surface area contributed by atoms with E-state index in [-0.39, 0.29) is 10.6 Å². The van der Waals surface area contributed by atoms with Crippen LogP contribution >= 0.6 is 0 Å². The van der Waals surface area contributed by atoms with Crippen LogP contribution in [0.5, 0.6) is 11.5 Å². The van der Waals surface area contributed by atoms with E-state index in [2.05, 4.69) is 20.2 Å². The van der Waals surface area contributed by atoms with Crippen molar-refractivity contribution in [3.63, 3.8) is 0 Å². The molecule has 0 bridgehead atoms. The normalized spacial score (nSPS) is 12.7. The van der Waals surface area contributed by atoms with Crippen LogP contribution in [0.25, 0.3) is 5.69 Å². The summed E-state index contributed by atoms with van der Waals surface area (Å²) in [7, 11) is -3.85. The summed E-state index contributed by atoms with van der Waals surface area (Å²) in [5, 5.41) is 11.4. The van der Waals surface area contributed by atoms with Gasteiger partial charge in [0.05, 0.1) is 16.3 Å². The number of para-hydroxylation sites is 1. The number of benzene rings is 3. The number of fused-ring (bicyclic) bond motifs is 1. The molecule has 1 aliphatic rings. The van der Waals surface area contributed by atoms with Gasteiger partial charge in [-0.15, -0.1) is 5.10 Å². The Morgan fingerprint density at radius 1 is 0.886 bits per heavy atom. The number of anilines is 2. The molecule has 0 unspecified atom stereocenters. The van der Waals surface area contributed by atoms with Crippen molar-refractivity contribution in [2.75, 3.05) is 23.3 Å². The Balaban J connectivity index is 1.27. The second-order valence-electron chi connectivity index (χ2n) is 7.70. The average Bonchev–Trinajstić information content (AvgIpc) is 3.27. The van der Waals surface area contributed by atoms with Gasteiger partial charge in [-0.1, -0.05) is 18.2 Å². The molecule has 0 atom stereocenters. The van der Waals surface area contributed by atoms with Gasteiger partial charge in [0, 0.05) is 17.4 Å². The first-order valence-corrected chi connectivity index (χ1v) is 12.2. The zero-order valence-corrected chi connectivity index (χ0v) is 19.5. The molecule has 35 heavy (non-hydrogen) atoms. The molecule has 5 rings (SSSR count). The minimum absolute atomic E-state index is 0.0520. The number of ether oxygens (including phenoxy) is 2. The van der Waals surface area contributed by atoms with Gasteiger partial charge in [0.2, 0.25) is 0 Å². The van der Waals surface area contributed by atoms with Gasteiger partial charge in [0.15, 0.2) is 17.2 Å². The van der Waals surface area contributed by atoms with Crippen LogP contribution in [0.1, 0.15) is 16.2 Å². The van der Waals surface area contributed by atoms with E-state index in [4.69, 9.17) is 9.47 Å². The van der Waals surface area contributed by atoms with Crippen LogP contribution in [0.3, 0.4) is 0 Å². The number of hydrogen-bond donors (Lipinski definition) is 2. The zero-order valence-electron chi connectivity index (χ0n) is 18.6. The number of aromatic nitrogens is 3. The summed E-state index contributed by atoms with van der Waals surface area (Å²) < 4.78 is 39.0. The van der Waals surface area contributed by atoms with Gasteiger partial charge in [0.25, 0.3) is 15.9 Å². The first kappa shape index (κ1) is 22.4. The number of carbonyl (C=O) groups is 1. The summed E-state index contributed by atoms with van der Waals surface area (Å²) in [5.41, 5.74) is 2.23. The summed E-state index contributed by atoms with van der Waals surface area (Å²) in [4.78, 5) is 14.2. The third-order valence-corrected chi connectivity index (χ3v) is 6.58. The van der Waals surface area contributed by atoms with Crippen LogP contribution in [0.15, 0.2) is 77.7 Å². The molecule has 0 saturated heterocycles. The Kier molecular flexibility index (Phi) is 5.83. The molecule has 2 heterocycles. The number of amides is 1. The quantitative estimate of drug-likeness (QED) is 0.424. The minimum atomic E-state index is -3.85. The molecule has 1 aromatic heterocycles. The fourth-order valence-electron chi connectivity index (χ4n) is 3.48. The fraction of sp³-hybridized carbons (Fsp3) is 0.125. The van der Waals surface area contributed by atoms with Crippen LogP contribution in [-0.4, -0.2) is 42.5 Å². The van der Waals surface area contributed by atoms with E-state index in [0.29, 0.717) is 41.8 Å². The molecule has 2 N–H and O–H groups in total. The van der Waals surface area contributed by atoms with Gasteiger partial charge in [-0.2, -0.15) is 9.90 Å².